The molecule has 0 aliphatic heterocycles. The van der Waals surface area contributed by atoms with Gasteiger partial charge in [0.2, 0.25) is 0 Å². The van der Waals surface area contributed by atoms with Gasteiger partial charge in [-0.25, -0.2) is 0 Å². The van der Waals surface area contributed by atoms with Crippen molar-refractivity contribution in [2.75, 3.05) is 12.5 Å². The van der Waals surface area contributed by atoms with E-state index in [1.165, 1.54) is 0 Å². The van der Waals surface area contributed by atoms with Crippen molar-refractivity contribution in [2.45, 2.75) is 128 Å². The van der Waals surface area contributed by atoms with Crippen molar-refractivity contribution >= 4 is 23.5 Å². The predicted molar refractivity (Wildman–Crippen MR) is 224 cm³/mol. The molecule has 0 saturated carbocycles. The van der Waals surface area contributed by atoms with Crippen LogP contribution in [0.5, 0.6) is 23.0 Å². The van der Waals surface area contributed by atoms with Gasteiger partial charge in [0.25, 0.3) is 0 Å². The summed E-state index contributed by atoms with van der Waals surface area (Å²) >= 11 is 3.17. The molecule has 8 bridgehead atoms. The molecule has 0 unspecified atom stereocenters. The van der Waals surface area contributed by atoms with Crippen LogP contribution in [-0.4, -0.2) is 32.9 Å². The first kappa shape index (κ1) is 40.0. The second kappa shape index (κ2) is 13.9. The number of hydrogen-bond donors (Lipinski definition) is 4. The monoisotopic (exact) mass is 740 g/mol. The standard InChI is InChI=1S/C46H60O4S2/c1-43(2,3)29-17-25-15-26-18-30(44(4,5)6)23-35(38(26)48)42(52-14)36-24-32(46(10,11)12)20-28(40(36)50)16-27-19-31(45(7,8)9)22-34(39(27)49)41(51-13)33(21-29)37(25)47/h17-24,41-42,47-50H,15-16H2,1-14H3. The Labute approximate surface area is 321 Å². The summed E-state index contributed by atoms with van der Waals surface area (Å²) < 4.78 is 0. The smallest absolute Gasteiger partial charge is 0.123 e. The van der Waals surface area contributed by atoms with Crippen LogP contribution in [0.15, 0.2) is 48.5 Å². The van der Waals surface area contributed by atoms with E-state index in [-0.39, 0.29) is 55.2 Å². The van der Waals surface area contributed by atoms with Gasteiger partial charge >= 0.3 is 0 Å². The van der Waals surface area contributed by atoms with E-state index in [9.17, 15) is 20.4 Å². The third-order valence-corrected chi connectivity index (χ3v) is 12.7. The second-order valence-electron chi connectivity index (χ2n) is 18.9. The summed E-state index contributed by atoms with van der Waals surface area (Å²) in [6.07, 6.45) is 4.67. The molecule has 1 aliphatic carbocycles. The van der Waals surface area contributed by atoms with Gasteiger partial charge < -0.3 is 20.4 Å². The van der Waals surface area contributed by atoms with E-state index in [1.54, 1.807) is 23.5 Å². The van der Waals surface area contributed by atoms with Crippen LogP contribution in [0.3, 0.4) is 0 Å². The van der Waals surface area contributed by atoms with Crippen molar-refractivity contribution in [1.82, 2.24) is 0 Å². The molecule has 0 heterocycles. The van der Waals surface area contributed by atoms with Gasteiger partial charge in [-0.05, 0) is 78.7 Å². The first-order chi connectivity index (χ1) is 23.9. The lowest BCUT2D eigenvalue weighted by molar-refractivity contribution is 0.448. The van der Waals surface area contributed by atoms with E-state index in [0.717, 1.165) is 66.8 Å². The number of phenols is 4. The van der Waals surface area contributed by atoms with Crippen molar-refractivity contribution in [1.29, 1.82) is 0 Å². The summed E-state index contributed by atoms with van der Waals surface area (Å²) in [5.41, 5.74) is 9.27. The van der Waals surface area contributed by atoms with Crippen molar-refractivity contribution in [3.05, 3.63) is 115 Å². The average molecular weight is 741 g/mol. The predicted octanol–water partition coefficient (Wildman–Crippen LogP) is 12.1. The molecular formula is C46H60O4S2. The van der Waals surface area contributed by atoms with Crippen molar-refractivity contribution < 1.29 is 20.4 Å². The van der Waals surface area contributed by atoms with Crippen LogP contribution in [-0.2, 0) is 34.5 Å². The van der Waals surface area contributed by atoms with Gasteiger partial charge in [0, 0.05) is 35.1 Å². The van der Waals surface area contributed by atoms with E-state index in [1.807, 2.05) is 12.5 Å². The Balaban J connectivity index is 2.00. The van der Waals surface area contributed by atoms with Gasteiger partial charge in [0.1, 0.15) is 23.0 Å². The summed E-state index contributed by atoms with van der Waals surface area (Å²) in [6.45, 7) is 26.1. The Morgan fingerprint density at radius 2 is 0.577 bits per heavy atom. The summed E-state index contributed by atoms with van der Waals surface area (Å²) in [4.78, 5) is 0. The van der Waals surface area contributed by atoms with Gasteiger partial charge in [0.15, 0.2) is 0 Å². The van der Waals surface area contributed by atoms with Crippen LogP contribution in [0.4, 0.5) is 0 Å². The Hall–Kier alpha value is -3.22. The Bertz CT molecular complexity index is 1710. The molecule has 0 radical (unpaired) electrons. The highest BCUT2D eigenvalue weighted by molar-refractivity contribution is 7.99. The van der Waals surface area contributed by atoms with Crippen LogP contribution in [0, 0.1) is 0 Å². The molecule has 0 amide bonds. The first-order valence-corrected chi connectivity index (χ1v) is 20.9. The van der Waals surface area contributed by atoms with E-state index < -0.39 is 0 Å². The maximum absolute atomic E-state index is 12.3. The minimum absolute atomic E-state index is 0.183. The lowest BCUT2D eigenvalue weighted by atomic mass is 9.79. The lowest BCUT2D eigenvalue weighted by Crippen LogP contribution is -2.16. The van der Waals surface area contributed by atoms with Gasteiger partial charge in [-0.15, -0.1) is 0 Å². The largest absolute Gasteiger partial charge is 0.507 e. The van der Waals surface area contributed by atoms with Crippen molar-refractivity contribution in [3.8, 4) is 23.0 Å². The molecule has 4 aromatic carbocycles. The summed E-state index contributed by atoms with van der Waals surface area (Å²) in [7, 11) is 0. The number of benzene rings is 4. The molecule has 4 nitrogen and oxygen atoms in total. The molecule has 280 valence electrons. The topological polar surface area (TPSA) is 80.9 Å². The van der Waals surface area contributed by atoms with Crippen LogP contribution >= 0.6 is 23.5 Å². The van der Waals surface area contributed by atoms with Gasteiger partial charge in [-0.3, -0.25) is 0 Å². The molecule has 4 aromatic rings. The lowest BCUT2D eigenvalue weighted by Gasteiger charge is -2.30. The molecule has 0 aromatic heterocycles. The molecule has 4 N–H and O–H groups in total. The van der Waals surface area contributed by atoms with Crippen LogP contribution in [0.2, 0.25) is 0 Å². The average Bonchev–Trinajstić information content (AvgIpc) is 3.01. The third-order valence-electron chi connectivity index (χ3n) is 10.7. The van der Waals surface area contributed by atoms with Gasteiger partial charge in [0.05, 0.1) is 10.5 Å². The van der Waals surface area contributed by atoms with Crippen molar-refractivity contribution in [3.63, 3.8) is 0 Å². The zero-order valence-corrected chi connectivity index (χ0v) is 35.4. The van der Waals surface area contributed by atoms with Crippen molar-refractivity contribution in [2.24, 2.45) is 0 Å². The SMILES string of the molecule is CSC1c2cc(C(C)(C)C)cc(c2O)Cc2cc(C(C)(C)C)cc(c2O)C(SC)c2cc(C(C)(C)C)cc(c2O)Cc2cc(C(C)(C)C)cc1c2O. The molecule has 6 heteroatoms. The molecular weight excluding hydrogens is 681 g/mol. The molecule has 0 spiro atoms. The van der Waals surface area contributed by atoms with Crippen LogP contribution in [0.1, 0.15) is 160 Å². The summed E-state index contributed by atoms with van der Waals surface area (Å²) in [5, 5.41) is 48.4. The summed E-state index contributed by atoms with van der Waals surface area (Å²) in [6, 6.07) is 16.7. The Kier molecular flexibility index (Phi) is 10.7. The molecule has 0 atom stereocenters. The first-order valence-electron chi connectivity index (χ1n) is 18.4. The number of fused-ring (bicyclic) bond motifs is 8. The van der Waals surface area contributed by atoms with E-state index in [2.05, 4.69) is 132 Å². The Morgan fingerprint density at radius 3 is 0.731 bits per heavy atom. The van der Waals surface area contributed by atoms with Crippen LogP contribution < -0.4 is 0 Å². The molecule has 0 fully saturated rings. The minimum Gasteiger partial charge on any atom is -0.507 e. The molecule has 52 heavy (non-hydrogen) atoms. The quantitative estimate of drug-likeness (QED) is 0.164. The number of phenolic OH excluding ortho intramolecular Hbond substituents is 4. The van der Waals surface area contributed by atoms with Gasteiger partial charge in [-0.2, -0.15) is 23.5 Å². The maximum atomic E-state index is 12.3. The van der Waals surface area contributed by atoms with E-state index >= 15 is 0 Å². The zero-order chi connectivity index (χ0) is 38.9. The number of thioether (sulfide) groups is 2. The number of aromatic hydroxyl groups is 4. The number of hydrogen-bond acceptors (Lipinski definition) is 6. The van der Waals surface area contributed by atoms with Gasteiger partial charge in [-0.1, -0.05) is 132 Å². The molecule has 0 saturated heterocycles. The zero-order valence-electron chi connectivity index (χ0n) is 33.8. The fourth-order valence-corrected chi connectivity index (χ4v) is 8.93. The Morgan fingerprint density at radius 1 is 0.385 bits per heavy atom. The third kappa shape index (κ3) is 7.71. The number of rotatable bonds is 2. The van der Waals surface area contributed by atoms with E-state index in [0.29, 0.717) is 12.8 Å². The second-order valence-corrected chi connectivity index (χ2v) is 20.8. The fourth-order valence-electron chi connectivity index (χ4n) is 7.20. The highest BCUT2D eigenvalue weighted by atomic mass is 32.2. The molecule has 1 aliphatic rings. The maximum Gasteiger partial charge on any atom is 0.123 e. The van der Waals surface area contributed by atoms with Crippen LogP contribution in [0.25, 0.3) is 0 Å². The van der Waals surface area contributed by atoms with E-state index in [4.69, 9.17) is 0 Å². The normalized spacial score (nSPS) is 17.0. The summed E-state index contributed by atoms with van der Waals surface area (Å²) in [5.74, 6) is 0.732. The fraction of sp³-hybridized carbons (Fsp3) is 0.478. The molecule has 5 rings (SSSR count). The highest BCUT2D eigenvalue weighted by Crippen LogP contribution is 2.51. The highest BCUT2D eigenvalue weighted by Gasteiger charge is 2.32. The minimum atomic E-state index is -0.383.